The number of nitrogens with zero attached hydrogens (tertiary/aromatic N) is 2. The summed E-state index contributed by atoms with van der Waals surface area (Å²) in [6, 6.07) is 0. The van der Waals surface area contributed by atoms with Crippen LogP contribution in [-0.2, 0) is 0 Å². The molecule has 68 valence electrons. The Kier molecular flexibility index (Phi) is 2.62. The van der Waals surface area contributed by atoms with Gasteiger partial charge >= 0.3 is 0 Å². The zero-order valence-corrected chi connectivity index (χ0v) is 7.01. The molecule has 1 rings (SSSR count). The molecule has 0 atom stereocenters. The number of rotatable bonds is 4. The highest BCUT2D eigenvalue weighted by Crippen LogP contribution is 2.17. The molecule has 12 heavy (non-hydrogen) atoms. The molecule has 0 amide bonds. The molecule has 5 heteroatoms. The van der Waals surface area contributed by atoms with Crippen LogP contribution in [0.4, 0.5) is 8.96 Å². The van der Waals surface area contributed by atoms with Crippen molar-refractivity contribution in [2.75, 3.05) is 6.54 Å². The first-order chi connectivity index (χ1) is 5.65. The van der Waals surface area contributed by atoms with E-state index >= 15 is 0 Å². The summed E-state index contributed by atoms with van der Waals surface area (Å²) in [6.07, 6.45) is 1.40. The number of nitrogens with one attached hydrogen (secondary N) is 1. The van der Waals surface area contributed by atoms with E-state index < -0.39 is 0 Å². The van der Waals surface area contributed by atoms with Gasteiger partial charge < -0.3 is 0 Å². The van der Waals surface area contributed by atoms with E-state index in [1.165, 1.54) is 11.8 Å². The SMILES string of the molecule is CC(C)CN(F)/C(NF)=C1C=N/1. The molecule has 0 fully saturated rings. The Labute approximate surface area is 69.6 Å². The first kappa shape index (κ1) is 8.96. The van der Waals surface area contributed by atoms with Gasteiger partial charge in [-0.05, 0) is 5.92 Å². The first-order valence-corrected chi connectivity index (χ1v) is 3.73. The van der Waals surface area contributed by atoms with Crippen LogP contribution in [0.5, 0.6) is 0 Å². The molecule has 0 spiro atoms. The Hall–Kier alpha value is -1.13. The van der Waals surface area contributed by atoms with Gasteiger partial charge in [0.15, 0.2) is 5.82 Å². The second-order valence-electron chi connectivity index (χ2n) is 3.03. The highest BCUT2D eigenvalue weighted by atomic mass is 19.2. The number of halogens is 2. The third-order valence-corrected chi connectivity index (χ3v) is 1.36. The molecule has 0 radical (unpaired) electrons. The van der Waals surface area contributed by atoms with E-state index in [-0.39, 0.29) is 18.3 Å². The predicted octanol–water partition coefficient (Wildman–Crippen LogP) is 1.56. The van der Waals surface area contributed by atoms with E-state index in [2.05, 4.69) is 4.99 Å². The van der Waals surface area contributed by atoms with E-state index in [1.54, 1.807) is 0 Å². The molecule has 0 aromatic heterocycles. The lowest BCUT2D eigenvalue weighted by molar-refractivity contribution is 0.0320. The molecule has 3 nitrogen and oxygen atoms in total. The van der Waals surface area contributed by atoms with E-state index in [0.29, 0.717) is 10.8 Å². The van der Waals surface area contributed by atoms with Crippen LogP contribution in [0, 0.1) is 5.92 Å². The second kappa shape index (κ2) is 3.51. The summed E-state index contributed by atoms with van der Waals surface area (Å²) >= 11 is 0. The van der Waals surface area contributed by atoms with Crippen LogP contribution >= 0.6 is 0 Å². The largest absolute Gasteiger partial charge is 0.249 e. The van der Waals surface area contributed by atoms with Gasteiger partial charge in [-0.3, -0.25) is 0 Å². The average Bonchev–Trinajstić information content (AvgIpc) is 2.70. The maximum absolute atomic E-state index is 13.0. The summed E-state index contributed by atoms with van der Waals surface area (Å²) in [4.78, 5) is 3.57. The van der Waals surface area contributed by atoms with E-state index in [1.807, 2.05) is 13.8 Å². The van der Waals surface area contributed by atoms with Gasteiger partial charge in [0.2, 0.25) is 0 Å². The van der Waals surface area contributed by atoms with Gasteiger partial charge in [-0.15, -0.1) is 4.48 Å². The van der Waals surface area contributed by atoms with Crippen molar-refractivity contribution in [1.29, 1.82) is 0 Å². The topological polar surface area (TPSA) is 27.6 Å². The van der Waals surface area contributed by atoms with Gasteiger partial charge in [0.25, 0.3) is 0 Å². The van der Waals surface area contributed by atoms with Crippen LogP contribution in [-0.4, -0.2) is 17.9 Å². The normalized spacial score (nSPS) is 18.1. The fourth-order valence-electron chi connectivity index (χ4n) is 0.785. The van der Waals surface area contributed by atoms with Gasteiger partial charge in [-0.1, -0.05) is 18.3 Å². The molecule has 0 aromatic rings. The van der Waals surface area contributed by atoms with Crippen molar-refractivity contribution in [3.05, 3.63) is 11.5 Å². The highest BCUT2D eigenvalue weighted by Gasteiger charge is 2.19. The maximum atomic E-state index is 13.0. The monoisotopic (exact) mass is 175 g/mol. The minimum Gasteiger partial charge on any atom is -0.249 e. The summed E-state index contributed by atoms with van der Waals surface area (Å²) < 4.78 is 25.0. The number of hydrogen-bond acceptors (Lipinski definition) is 3. The standard InChI is InChI=1S/C7H11F2N3/c1-5(2)4-12(9)7(11-8)6-3-10-6/h3,5,11H,4H2,1-2H3/b7-6-. The average molecular weight is 175 g/mol. The first-order valence-electron chi connectivity index (χ1n) is 3.73. The molecular weight excluding hydrogens is 164 g/mol. The molecular formula is C7H11F2N3. The molecule has 0 bridgehead atoms. The third-order valence-electron chi connectivity index (χ3n) is 1.36. The summed E-state index contributed by atoms with van der Waals surface area (Å²) in [5.41, 5.74) is 1.61. The lowest BCUT2D eigenvalue weighted by Crippen LogP contribution is -2.24. The van der Waals surface area contributed by atoms with Crippen molar-refractivity contribution in [3.63, 3.8) is 0 Å². The Bertz CT molecular complexity index is 215. The zero-order valence-electron chi connectivity index (χ0n) is 7.01. The maximum Gasteiger partial charge on any atom is 0.186 e. The molecule has 1 N–H and O–H groups in total. The summed E-state index contributed by atoms with van der Waals surface area (Å²) in [5.74, 6) is -0.0681. The van der Waals surface area contributed by atoms with Gasteiger partial charge in [-0.2, -0.15) is 5.12 Å². The molecule has 1 aliphatic heterocycles. The molecule has 1 heterocycles. The van der Waals surface area contributed by atoms with Crippen LogP contribution < -0.4 is 5.54 Å². The van der Waals surface area contributed by atoms with Gasteiger partial charge in [0.1, 0.15) is 5.70 Å². The molecule has 0 aliphatic carbocycles. The molecule has 0 aromatic carbocycles. The van der Waals surface area contributed by atoms with Crippen molar-refractivity contribution in [3.8, 4) is 0 Å². The summed E-state index contributed by atoms with van der Waals surface area (Å²) in [7, 11) is 0. The van der Waals surface area contributed by atoms with Crippen LogP contribution in [0.3, 0.4) is 0 Å². The Morgan fingerprint density at radius 1 is 1.75 bits per heavy atom. The fraction of sp³-hybridized carbons (Fsp3) is 0.571. The Morgan fingerprint density at radius 3 is 2.67 bits per heavy atom. The van der Waals surface area contributed by atoms with Crippen molar-refractivity contribution < 1.29 is 8.96 Å². The molecule has 1 aliphatic rings. The molecule has 0 saturated carbocycles. The lowest BCUT2D eigenvalue weighted by atomic mass is 10.2. The van der Waals surface area contributed by atoms with Crippen LogP contribution in [0.15, 0.2) is 16.5 Å². The zero-order chi connectivity index (χ0) is 9.14. The smallest absolute Gasteiger partial charge is 0.186 e. The van der Waals surface area contributed by atoms with Crippen LogP contribution in [0.25, 0.3) is 0 Å². The van der Waals surface area contributed by atoms with Crippen molar-refractivity contribution in [2.45, 2.75) is 13.8 Å². The second-order valence-corrected chi connectivity index (χ2v) is 3.03. The summed E-state index contributed by atoms with van der Waals surface area (Å²) in [6.45, 7) is 3.85. The van der Waals surface area contributed by atoms with Crippen molar-refractivity contribution >= 4 is 6.21 Å². The van der Waals surface area contributed by atoms with Crippen molar-refractivity contribution in [1.82, 2.24) is 10.7 Å². The highest BCUT2D eigenvalue weighted by molar-refractivity contribution is 5.93. The van der Waals surface area contributed by atoms with E-state index in [0.717, 1.165) is 0 Å². The van der Waals surface area contributed by atoms with E-state index in [4.69, 9.17) is 0 Å². The molecule has 0 unspecified atom stereocenters. The predicted molar refractivity (Wildman–Crippen MR) is 42.4 cm³/mol. The minimum atomic E-state index is -0.205. The van der Waals surface area contributed by atoms with E-state index in [9.17, 15) is 8.96 Å². The quantitative estimate of drug-likeness (QED) is 0.656. The number of allylic oxidation sites excluding steroid dienone is 1. The van der Waals surface area contributed by atoms with Gasteiger partial charge in [-0.25, -0.2) is 10.5 Å². The Balaban J connectivity index is 2.50. The number of aliphatic imine (C=N–C) groups is 1. The van der Waals surface area contributed by atoms with Crippen LogP contribution in [0.2, 0.25) is 0 Å². The lowest BCUT2D eigenvalue weighted by Gasteiger charge is -2.16. The Morgan fingerprint density at radius 2 is 2.33 bits per heavy atom. The van der Waals surface area contributed by atoms with Gasteiger partial charge in [0.05, 0.1) is 12.8 Å². The van der Waals surface area contributed by atoms with Crippen molar-refractivity contribution in [2.24, 2.45) is 10.9 Å². The minimum absolute atomic E-state index is 0.137. The number of hydrogen-bond donors (Lipinski definition) is 1. The van der Waals surface area contributed by atoms with Crippen LogP contribution in [0.1, 0.15) is 13.8 Å². The molecule has 0 saturated heterocycles. The summed E-state index contributed by atoms with van der Waals surface area (Å²) in [5, 5.41) is 0.326. The fourth-order valence-corrected chi connectivity index (χ4v) is 0.785. The third kappa shape index (κ3) is 2.18. The van der Waals surface area contributed by atoms with Gasteiger partial charge in [0, 0.05) is 0 Å².